The van der Waals surface area contributed by atoms with E-state index in [0.29, 0.717) is 0 Å². The third kappa shape index (κ3) is 4.05. The predicted molar refractivity (Wildman–Crippen MR) is 46.1 cm³/mol. The quantitative estimate of drug-likeness (QED) is 0.696. The number of β-amino-alcohol motifs (C(OH)–C–C–N with tert-alkyl or cyclic N) is 1. The van der Waals surface area contributed by atoms with Crippen molar-refractivity contribution in [3.05, 3.63) is 0 Å². The largest absolute Gasteiger partial charge is 0.401 e. The van der Waals surface area contributed by atoms with E-state index in [1.807, 2.05) is 5.32 Å². The molecule has 0 unspecified atom stereocenters. The topological polar surface area (TPSA) is 52.6 Å². The molecule has 1 aliphatic heterocycles. The van der Waals surface area contributed by atoms with Crippen molar-refractivity contribution < 1.29 is 23.1 Å². The summed E-state index contributed by atoms with van der Waals surface area (Å²) in [5.41, 5.74) is -0.889. The van der Waals surface area contributed by atoms with Gasteiger partial charge in [0.05, 0.1) is 31.8 Å². The van der Waals surface area contributed by atoms with E-state index in [2.05, 4.69) is 0 Å². The number of nitrogens with one attached hydrogen (secondary N) is 1. The number of aliphatic hydroxyl groups is 1. The highest BCUT2D eigenvalue weighted by Crippen LogP contribution is 2.19. The van der Waals surface area contributed by atoms with Crippen LogP contribution in [-0.2, 0) is 4.79 Å². The summed E-state index contributed by atoms with van der Waals surface area (Å²) in [5, 5.41) is 11.3. The Labute approximate surface area is 85.1 Å². The van der Waals surface area contributed by atoms with E-state index in [1.165, 1.54) is 4.90 Å². The maximum absolute atomic E-state index is 11.7. The first-order chi connectivity index (χ1) is 6.70. The molecule has 0 aromatic carbocycles. The Morgan fingerprint density at radius 3 is 2.47 bits per heavy atom. The Morgan fingerprint density at radius 1 is 1.53 bits per heavy atom. The van der Waals surface area contributed by atoms with Crippen LogP contribution >= 0.6 is 0 Å². The van der Waals surface area contributed by atoms with Gasteiger partial charge in [-0.05, 0) is 6.92 Å². The monoisotopic (exact) mass is 226 g/mol. The third-order valence-corrected chi connectivity index (χ3v) is 2.02. The van der Waals surface area contributed by atoms with Crippen molar-refractivity contribution in [3.8, 4) is 0 Å². The molecule has 0 atom stereocenters. The first-order valence-electron chi connectivity index (χ1n) is 4.47. The van der Waals surface area contributed by atoms with Gasteiger partial charge in [0.2, 0.25) is 5.91 Å². The van der Waals surface area contributed by atoms with E-state index in [1.54, 1.807) is 6.92 Å². The van der Waals surface area contributed by atoms with Crippen molar-refractivity contribution in [1.82, 2.24) is 10.2 Å². The molecule has 0 aliphatic carbocycles. The van der Waals surface area contributed by atoms with E-state index in [-0.39, 0.29) is 19.6 Å². The lowest BCUT2D eigenvalue weighted by Gasteiger charge is -2.44. The number of alkyl halides is 3. The minimum Gasteiger partial charge on any atom is -0.386 e. The van der Waals surface area contributed by atoms with Gasteiger partial charge in [-0.2, -0.15) is 13.2 Å². The van der Waals surface area contributed by atoms with Crippen LogP contribution in [0.15, 0.2) is 0 Å². The number of hydrogen-bond acceptors (Lipinski definition) is 3. The molecule has 1 rings (SSSR count). The summed E-state index contributed by atoms with van der Waals surface area (Å²) < 4.78 is 35.1. The van der Waals surface area contributed by atoms with Crippen LogP contribution in [0.2, 0.25) is 0 Å². The molecule has 1 saturated heterocycles. The SMILES string of the molecule is CC1(O)CN(C(=O)CNCC(F)(F)F)C1. The lowest BCUT2D eigenvalue weighted by Crippen LogP contribution is -2.63. The molecule has 88 valence electrons. The molecular weight excluding hydrogens is 213 g/mol. The molecule has 0 bridgehead atoms. The highest BCUT2D eigenvalue weighted by Gasteiger charge is 2.39. The van der Waals surface area contributed by atoms with Crippen LogP contribution in [-0.4, -0.2) is 53.9 Å². The van der Waals surface area contributed by atoms with Gasteiger partial charge in [0.15, 0.2) is 0 Å². The van der Waals surface area contributed by atoms with Gasteiger partial charge in [0, 0.05) is 0 Å². The summed E-state index contributed by atoms with van der Waals surface area (Å²) >= 11 is 0. The number of carbonyl (C=O) groups is 1. The van der Waals surface area contributed by atoms with Crippen molar-refractivity contribution in [3.63, 3.8) is 0 Å². The summed E-state index contributed by atoms with van der Waals surface area (Å²) in [4.78, 5) is 12.5. The Morgan fingerprint density at radius 2 is 2.07 bits per heavy atom. The van der Waals surface area contributed by atoms with Gasteiger partial charge < -0.3 is 15.3 Å². The number of likely N-dealkylation sites (tertiary alicyclic amines) is 1. The molecule has 7 heteroatoms. The van der Waals surface area contributed by atoms with Crippen LogP contribution < -0.4 is 5.32 Å². The predicted octanol–water partition coefficient (Wildman–Crippen LogP) is -0.269. The van der Waals surface area contributed by atoms with E-state index >= 15 is 0 Å². The number of rotatable bonds is 3. The number of hydrogen-bond donors (Lipinski definition) is 2. The minimum absolute atomic E-state index is 0.180. The van der Waals surface area contributed by atoms with Crippen molar-refractivity contribution in [2.24, 2.45) is 0 Å². The second-order valence-electron chi connectivity index (χ2n) is 3.97. The average Bonchev–Trinajstić information content (AvgIpc) is 1.97. The maximum atomic E-state index is 11.7. The zero-order chi connectivity index (χ0) is 11.7. The molecule has 2 N–H and O–H groups in total. The highest BCUT2D eigenvalue weighted by atomic mass is 19.4. The van der Waals surface area contributed by atoms with Gasteiger partial charge in [-0.15, -0.1) is 0 Å². The number of carbonyl (C=O) groups excluding carboxylic acids is 1. The summed E-state index contributed by atoms with van der Waals surface area (Å²) in [6.07, 6.45) is -4.30. The molecule has 0 aromatic heterocycles. The molecular formula is C8H13F3N2O2. The van der Waals surface area contributed by atoms with Gasteiger partial charge in [0.1, 0.15) is 0 Å². The molecule has 1 heterocycles. The van der Waals surface area contributed by atoms with Crippen molar-refractivity contribution in [2.45, 2.75) is 18.7 Å². The second-order valence-corrected chi connectivity index (χ2v) is 3.97. The van der Waals surface area contributed by atoms with Gasteiger partial charge in [-0.1, -0.05) is 0 Å². The minimum atomic E-state index is -4.30. The Bertz CT molecular complexity index is 245. The van der Waals surface area contributed by atoms with E-state index in [0.717, 1.165) is 0 Å². The van der Waals surface area contributed by atoms with Gasteiger partial charge in [-0.25, -0.2) is 0 Å². The second kappa shape index (κ2) is 3.97. The van der Waals surface area contributed by atoms with Crippen LogP contribution in [0.1, 0.15) is 6.92 Å². The van der Waals surface area contributed by atoms with Gasteiger partial charge in [0.25, 0.3) is 0 Å². The Balaban J connectivity index is 2.16. The first kappa shape index (κ1) is 12.3. The zero-order valence-corrected chi connectivity index (χ0v) is 8.26. The Hall–Kier alpha value is -0.820. The lowest BCUT2D eigenvalue weighted by atomic mass is 9.97. The number of nitrogens with zero attached hydrogens (tertiary/aromatic N) is 1. The first-order valence-corrected chi connectivity index (χ1v) is 4.47. The standard InChI is InChI=1S/C8H13F3N2O2/c1-7(15)4-13(5-7)6(14)2-12-3-8(9,10)11/h12,15H,2-5H2,1H3. The molecule has 1 aliphatic rings. The smallest absolute Gasteiger partial charge is 0.386 e. The molecule has 4 nitrogen and oxygen atoms in total. The fourth-order valence-corrected chi connectivity index (χ4v) is 1.38. The Kier molecular flexibility index (Phi) is 3.25. The summed E-state index contributed by atoms with van der Waals surface area (Å²) in [7, 11) is 0. The fraction of sp³-hybridized carbons (Fsp3) is 0.875. The third-order valence-electron chi connectivity index (χ3n) is 2.02. The average molecular weight is 226 g/mol. The molecule has 0 saturated carbocycles. The molecule has 1 fully saturated rings. The van der Waals surface area contributed by atoms with Crippen molar-refractivity contribution in [2.75, 3.05) is 26.2 Å². The molecule has 1 amide bonds. The van der Waals surface area contributed by atoms with Crippen LogP contribution in [0.4, 0.5) is 13.2 Å². The maximum Gasteiger partial charge on any atom is 0.401 e. The molecule has 0 aromatic rings. The number of amides is 1. The van der Waals surface area contributed by atoms with Crippen molar-refractivity contribution in [1.29, 1.82) is 0 Å². The van der Waals surface area contributed by atoms with Gasteiger partial charge >= 0.3 is 6.18 Å². The van der Waals surface area contributed by atoms with Crippen LogP contribution in [0.5, 0.6) is 0 Å². The molecule has 15 heavy (non-hydrogen) atoms. The number of halogens is 3. The molecule has 0 spiro atoms. The van der Waals surface area contributed by atoms with Crippen LogP contribution in [0.25, 0.3) is 0 Å². The van der Waals surface area contributed by atoms with Crippen LogP contribution in [0, 0.1) is 0 Å². The fourth-order valence-electron chi connectivity index (χ4n) is 1.38. The summed E-state index contributed by atoms with van der Waals surface area (Å²) in [6.45, 7) is 0.400. The van der Waals surface area contributed by atoms with E-state index in [9.17, 15) is 23.1 Å². The molecule has 0 radical (unpaired) electrons. The normalized spacial score (nSPS) is 19.9. The summed E-state index contributed by atoms with van der Waals surface area (Å²) in [5.74, 6) is -0.425. The zero-order valence-electron chi connectivity index (χ0n) is 8.26. The summed E-state index contributed by atoms with van der Waals surface area (Å²) in [6, 6.07) is 0. The van der Waals surface area contributed by atoms with Crippen molar-refractivity contribution >= 4 is 5.91 Å². The van der Waals surface area contributed by atoms with Gasteiger partial charge in [-0.3, -0.25) is 4.79 Å². The van der Waals surface area contributed by atoms with E-state index < -0.39 is 24.2 Å². The van der Waals surface area contributed by atoms with Crippen LogP contribution in [0.3, 0.4) is 0 Å². The van der Waals surface area contributed by atoms with E-state index in [4.69, 9.17) is 0 Å². The lowest BCUT2D eigenvalue weighted by molar-refractivity contribution is -0.152. The highest BCUT2D eigenvalue weighted by molar-refractivity contribution is 5.79.